The van der Waals surface area contributed by atoms with E-state index in [-0.39, 0.29) is 0 Å². The van der Waals surface area contributed by atoms with E-state index >= 15 is 0 Å². The highest BCUT2D eigenvalue weighted by Gasteiger charge is 2.57. The van der Waals surface area contributed by atoms with E-state index in [4.69, 9.17) is 4.74 Å². The fourth-order valence-electron chi connectivity index (χ4n) is 8.36. The van der Waals surface area contributed by atoms with E-state index in [0.29, 0.717) is 0 Å². The third-order valence-electron chi connectivity index (χ3n) is 9.98. The molecule has 0 unspecified atom stereocenters. The van der Waals surface area contributed by atoms with Crippen molar-refractivity contribution >= 4 is 11.1 Å². The molecule has 1 spiro atoms. The Bertz CT molecular complexity index is 2060. The molecule has 44 heavy (non-hydrogen) atoms. The van der Waals surface area contributed by atoms with Crippen LogP contribution in [0.5, 0.6) is 0 Å². The number of methoxy groups -OCH3 is 1. The molecular formula is C43H30O. The smallest absolute Gasteiger partial charge is 0.145 e. The van der Waals surface area contributed by atoms with Crippen LogP contribution < -0.4 is 0 Å². The lowest BCUT2D eigenvalue weighted by atomic mass is 9.69. The lowest BCUT2D eigenvalue weighted by molar-refractivity contribution is 0.0634. The zero-order valence-electron chi connectivity index (χ0n) is 24.5. The van der Waals surface area contributed by atoms with Crippen LogP contribution in [0.1, 0.15) is 33.4 Å². The van der Waals surface area contributed by atoms with Gasteiger partial charge in [0.05, 0.1) is 5.41 Å². The zero-order chi connectivity index (χ0) is 29.3. The van der Waals surface area contributed by atoms with E-state index in [1.54, 1.807) is 0 Å². The van der Waals surface area contributed by atoms with Gasteiger partial charge in [-0.25, -0.2) is 0 Å². The summed E-state index contributed by atoms with van der Waals surface area (Å²) in [6.45, 7) is 0. The van der Waals surface area contributed by atoms with Gasteiger partial charge in [-0.3, -0.25) is 0 Å². The van der Waals surface area contributed by atoms with E-state index in [1.165, 1.54) is 72.4 Å². The summed E-state index contributed by atoms with van der Waals surface area (Å²) in [6, 6.07) is 57.4. The van der Waals surface area contributed by atoms with Crippen LogP contribution in [0.15, 0.2) is 169 Å². The Labute approximate surface area is 258 Å². The van der Waals surface area contributed by atoms with Gasteiger partial charge in [-0.15, -0.1) is 0 Å². The molecule has 0 aliphatic heterocycles. The van der Waals surface area contributed by atoms with Crippen molar-refractivity contribution in [3.05, 3.63) is 203 Å². The monoisotopic (exact) mass is 562 g/mol. The summed E-state index contributed by atoms with van der Waals surface area (Å²) in [5.41, 5.74) is 14.8. The van der Waals surface area contributed by atoms with Crippen molar-refractivity contribution < 1.29 is 4.74 Å². The maximum absolute atomic E-state index is 7.02. The summed E-state index contributed by atoms with van der Waals surface area (Å²) in [7, 11) is 1.89. The maximum Gasteiger partial charge on any atom is 0.145 e. The molecule has 0 N–H and O–H groups in total. The van der Waals surface area contributed by atoms with Crippen molar-refractivity contribution in [3.8, 4) is 22.3 Å². The molecule has 0 aromatic heterocycles. The van der Waals surface area contributed by atoms with E-state index in [9.17, 15) is 0 Å². The summed E-state index contributed by atoms with van der Waals surface area (Å²) >= 11 is 0. The fourth-order valence-corrected chi connectivity index (χ4v) is 8.36. The highest BCUT2D eigenvalue weighted by Crippen LogP contribution is 2.67. The molecule has 6 aromatic carbocycles. The molecule has 208 valence electrons. The molecule has 9 rings (SSSR count). The van der Waals surface area contributed by atoms with Crippen LogP contribution in [0, 0.1) is 0 Å². The minimum absolute atomic E-state index is 0.507. The number of hydrogen-bond donors (Lipinski definition) is 0. The molecular weight excluding hydrogens is 532 g/mol. The van der Waals surface area contributed by atoms with Crippen molar-refractivity contribution in [1.82, 2.24) is 0 Å². The van der Waals surface area contributed by atoms with Crippen LogP contribution in [0.4, 0.5) is 0 Å². The van der Waals surface area contributed by atoms with Crippen LogP contribution in [0.25, 0.3) is 33.4 Å². The Hall–Kier alpha value is -5.24. The Morgan fingerprint density at radius 2 is 0.773 bits per heavy atom. The van der Waals surface area contributed by atoms with Crippen LogP contribution in [0.3, 0.4) is 0 Å². The van der Waals surface area contributed by atoms with Gasteiger partial charge < -0.3 is 4.74 Å². The fraction of sp³-hybridized carbons (Fsp3) is 0.0698. The van der Waals surface area contributed by atoms with E-state index < -0.39 is 11.0 Å². The maximum atomic E-state index is 7.02. The lowest BCUT2D eigenvalue weighted by Gasteiger charge is -2.37. The zero-order valence-corrected chi connectivity index (χ0v) is 24.5. The Kier molecular flexibility index (Phi) is 5.39. The number of ether oxygens (including phenoxy) is 1. The Balaban J connectivity index is 1.52. The molecule has 0 saturated heterocycles. The summed E-state index contributed by atoms with van der Waals surface area (Å²) in [5, 5.41) is 0. The number of fused-ring (bicyclic) bond motifs is 8. The first-order chi connectivity index (χ1) is 21.8. The first-order valence-corrected chi connectivity index (χ1v) is 15.3. The van der Waals surface area contributed by atoms with E-state index in [0.717, 1.165) is 0 Å². The molecule has 0 bridgehead atoms. The highest BCUT2D eigenvalue weighted by atomic mass is 16.5. The summed E-state index contributed by atoms with van der Waals surface area (Å²) in [4.78, 5) is 0. The summed E-state index contributed by atoms with van der Waals surface area (Å²) < 4.78 is 7.02. The molecule has 0 saturated carbocycles. The van der Waals surface area contributed by atoms with Gasteiger partial charge in [-0.1, -0.05) is 164 Å². The molecule has 0 fully saturated rings. The quantitative estimate of drug-likeness (QED) is 0.208. The normalized spacial score (nSPS) is 16.3. The number of rotatable bonds is 4. The molecule has 1 nitrogen and oxygen atoms in total. The number of allylic oxidation sites excluding steroid dienone is 2. The van der Waals surface area contributed by atoms with Gasteiger partial charge in [0.15, 0.2) is 0 Å². The minimum atomic E-state index is -0.823. The third-order valence-corrected chi connectivity index (χ3v) is 9.98. The van der Waals surface area contributed by atoms with Gasteiger partial charge in [0.1, 0.15) is 5.60 Å². The Morgan fingerprint density at radius 3 is 1.25 bits per heavy atom. The van der Waals surface area contributed by atoms with Gasteiger partial charge in [0, 0.05) is 23.8 Å². The predicted octanol–water partition coefficient (Wildman–Crippen LogP) is 10.1. The van der Waals surface area contributed by atoms with E-state index in [2.05, 4.69) is 164 Å². The van der Waals surface area contributed by atoms with Crippen molar-refractivity contribution in [2.75, 3.05) is 7.11 Å². The van der Waals surface area contributed by atoms with Crippen molar-refractivity contribution in [1.29, 1.82) is 0 Å². The molecule has 0 radical (unpaired) electrons. The Morgan fingerprint density at radius 1 is 0.386 bits per heavy atom. The molecule has 1 heteroatoms. The summed E-state index contributed by atoms with van der Waals surface area (Å²) in [5.74, 6) is 0. The van der Waals surface area contributed by atoms with Gasteiger partial charge in [-0.2, -0.15) is 0 Å². The summed E-state index contributed by atoms with van der Waals surface area (Å²) in [6.07, 6.45) is 2.55. The van der Waals surface area contributed by atoms with Crippen LogP contribution in [0.2, 0.25) is 0 Å². The second kappa shape index (κ2) is 9.38. The average molecular weight is 563 g/mol. The van der Waals surface area contributed by atoms with Crippen molar-refractivity contribution in [2.24, 2.45) is 0 Å². The topological polar surface area (TPSA) is 9.23 Å². The van der Waals surface area contributed by atoms with Crippen molar-refractivity contribution in [3.63, 3.8) is 0 Å². The minimum Gasteiger partial charge on any atom is -0.364 e. The van der Waals surface area contributed by atoms with Crippen LogP contribution in [-0.4, -0.2) is 7.11 Å². The molecule has 6 aromatic rings. The molecule has 0 heterocycles. The number of hydrogen-bond acceptors (Lipinski definition) is 1. The third kappa shape index (κ3) is 3.12. The van der Waals surface area contributed by atoms with Crippen molar-refractivity contribution in [2.45, 2.75) is 11.0 Å². The standard InChI is InChI=1S/C43H30O/c1-44-43(38-26-14-10-22-33(38)34-23-11-15-27-39(34)43)41-35(29-16-4-2-5-17-29)28-42(40(41)30-18-6-3-7-19-30)36-24-12-8-20-31(36)32-21-9-13-25-37(32)42/h2-28H,1H3. The highest BCUT2D eigenvalue weighted by molar-refractivity contribution is 6.09. The van der Waals surface area contributed by atoms with Gasteiger partial charge >= 0.3 is 0 Å². The predicted molar refractivity (Wildman–Crippen MR) is 180 cm³/mol. The molecule has 3 aliphatic rings. The first kappa shape index (κ1) is 25.3. The van der Waals surface area contributed by atoms with Gasteiger partial charge in [0.25, 0.3) is 0 Å². The SMILES string of the molecule is COC1(C2=C(c3ccccc3)C3(C=C2c2ccccc2)c2ccccc2-c2ccccc23)c2ccccc2-c2ccccc21. The van der Waals surface area contributed by atoms with Gasteiger partial charge in [0.2, 0.25) is 0 Å². The second-order valence-electron chi connectivity index (χ2n) is 11.9. The van der Waals surface area contributed by atoms with E-state index in [1.807, 2.05) is 7.11 Å². The van der Waals surface area contributed by atoms with Crippen LogP contribution in [-0.2, 0) is 15.8 Å². The molecule has 3 aliphatic carbocycles. The molecule has 0 amide bonds. The van der Waals surface area contributed by atoms with Crippen LogP contribution >= 0.6 is 0 Å². The first-order valence-electron chi connectivity index (χ1n) is 15.3. The van der Waals surface area contributed by atoms with Gasteiger partial charge in [-0.05, 0) is 55.7 Å². The number of benzene rings is 6. The largest absolute Gasteiger partial charge is 0.364 e. The lowest BCUT2D eigenvalue weighted by Crippen LogP contribution is -2.32. The average Bonchev–Trinajstić information content (AvgIpc) is 3.71. The second-order valence-corrected chi connectivity index (χ2v) is 11.9. The molecule has 0 atom stereocenters.